The zero-order valence-corrected chi connectivity index (χ0v) is 9.15. The molecule has 17 heavy (non-hydrogen) atoms. The number of hydrogen-bond donors (Lipinski definition) is 0. The average Bonchev–Trinajstić information content (AvgIpc) is 2.25. The molecule has 0 N–H and O–H groups in total. The molecule has 0 aliphatic heterocycles. The summed E-state index contributed by atoms with van der Waals surface area (Å²) in [5.74, 6) is -3.46. The average molecular weight is 243 g/mol. The molecule has 92 valence electrons. The number of aromatic nitrogens is 1. The minimum Gasteiger partial charge on any atom is -0.465 e. The summed E-state index contributed by atoms with van der Waals surface area (Å²) in [4.78, 5) is 23.1. The van der Waals surface area contributed by atoms with Crippen molar-refractivity contribution < 1.29 is 18.3 Å². The van der Waals surface area contributed by atoms with Crippen LogP contribution in [0, 0.1) is 0 Å². The topological polar surface area (TPSA) is 48.3 Å². The van der Waals surface area contributed by atoms with Crippen LogP contribution in [0.4, 0.5) is 8.78 Å². The van der Waals surface area contributed by atoms with Gasteiger partial charge in [0.05, 0.1) is 7.11 Å². The van der Waals surface area contributed by atoms with Crippen molar-refractivity contribution in [3.8, 4) is 0 Å². The second-order valence-corrected chi connectivity index (χ2v) is 4.04. The maximum atomic E-state index is 12.7. The number of rotatable bonds is 2. The van der Waals surface area contributed by atoms with Crippen LogP contribution >= 0.6 is 0 Å². The van der Waals surface area contributed by atoms with E-state index in [-0.39, 0.29) is 18.4 Å². The molecule has 0 bridgehead atoms. The highest BCUT2D eigenvalue weighted by Gasteiger charge is 2.46. The van der Waals surface area contributed by atoms with E-state index in [2.05, 4.69) is 4.74 Å². The predicted octanol–water partition coefficient (Wildman–Crippen LogP) is 1.61. The SMILES string of the molecule is COC(=O)c1cccn(C2CC(F)(F)C2)c1=O. The molecule has 4 nitrogen and oxygen atoms in total. The minimum absolute atomic E-state index is 0.134. The molecule has 1 fully saturated rings. The number of halogens is 2. The number of pyridine rings is 1. The molecule has 1 heterocycles. The highest BCUT2D eigenvalue weighted by Crippen LogP contribution is 2.44. The number of ether oxygens (including phenoxy) is 1. The zero-order valence-electron chi connectivity index (χ0n) is 9.15. The molecular weight excluding hydrogens is 232 g/mol. The van der Waals surface area contributed by atoms with Gasteiger partial charge in [0.25, 0.3) is 11.5 Å². The Morgan fingerprint density at radius 3 is 2.71 bits per heavy atom. The van der Waals surface area contributed by atoms with E-state index in [4.69, 9.17) is 0 Å². The smallest absolute Gasteiger partial charge is 0.343 e. The molecule has 0 radical (unpaired) electrons. The van der Waals surface area contributed by atoms with Gasteiger partial charge in [0.15, 0.2) is 0 Å². The molecule has 1 aliphatic carbocycles. The predicted molar refractivity (Wildman–Crippen MR) is 55.3 cm³/mol. The summed E-state index contributed by atoms with van der Waals surface area (Å²) in [7, 11) is 1.16. The summed E-state index contributed by atoms with van der Waals surface area (Å²) in [6.07, 6.45) is 0.684. The van der Waals surface area contributed by atoms with Crippen LogP contribution in [0.15, 0.2) is 23.1 Å². The van der Waals surface area contributed by atoms with Gasteiger partial charge in [-0.3, -0.25) is 4.79 Å². The van der Waals surface area contributed by atoms with E-state index in [1.807, 2.05) is 0 Å². The molecule has 1 saturated carbocycles. The van der Waals surface area contributed by atoms with Crippen molar-refractivity contribution in [2.24, 2.45) is 0 Å². The van der Waals surface area contributed by atoms with Gasteiger partial charge in [-0.15, -0.1) is 0 Å². The van der Waals surface area contributed by atoms with Crippen LogP contribution in [-0.4, -0.2) is 23.6 Å². The lowest BCUT2D eigenvalue weighted by Gasteiger charge is -2.36. The molecule has 1 aliphatic rings. The molecule has 2 rings (SSSR count). The standard InChI is InChI=1S/C11H11F2NO3/c1-17-10(16)8-3-2-4-14(9(8)15)7-5-11(12,13)6-7/h2-4,7H,5-6H2,1H3. The van der Waals surface area contributed by atoms with Gasteiger partial charge < -0.3 is 9.30 Å². The van der Waals surface area contributed by atoms with Gasteiger partial charge in [0, 0.05) is 25.1 Å². The first-order valence-electron chi connectivity index (χ1n) is 5.12. The first kappa shape index (κ1) is 11.8. The first-order valence-corrected chi connectivity index (χ1v) is 5.12. The fourth-order valence-corrected chi connectivity index (χ4v) is 1.89. The van der Waals surface area contributed by atoms with E-state index < -0.39 is 23.5 Å². The molecule has 6 heteroatoms. The largest absolute Gasteiger partial charge is 0.465 e. The van der Waals surface area contributed by atoms with Crippen LogP contribution in [0.1, 0.15) is 29.2 Å². The second-order valence-electron chi connectivity index (χ2n) is 4.04. The number of alkyl halides is 2. The lowest BCUT2D eigenvalue weighted by molar-refractivity contribution is -0.105. The van der Waals surface area contributed by atoms with Crippen molar-refractivity contribution in [3.05, 3.63) is 34.2 Å². The van der Waals surface area contributed by atoms with E-state index in [1.54, 1.807) is 0 Å². The van der Waals surface area contributed by atoms with Gasteiger partial charge in [-0.25, -0.2) is 13.6 Å². The van der Waals surface area contributed by atoms with Gasteiger partial charge in [-0.05, 0) is 12.1 Å². The maximum Gasteiger partial charge on any atom is 0.343 e. The third kappa shape index (κ3) is 2.07. The monoisotopic (exact) mass is 243 g/mol. The number of esters is 1. The normalized spacial score (nSPS) is 18.5. The molecule has 0 atom stereocenters. The van der Waals surface area contributed by atoms with E-state index in [1.165, 1.54) is 22.9 Å². The third-order valence-electron chi connectivity index (χ3n) is 2.84. The van der Waals surface area contributed by atoms with E-state index >= 15 is 0 Å². The van der Waals surface area contributed by atoms with Crippen molar-refractivity contribution in [1.82, 2.24) is 4.57 Å². The van der Waals surface area contributed by atoms with E-state index in [0.717, 1.165) is 7.11 Å². The van der Waals surface area contributed by atoms with Crippen LogP contribution < -0.4 is 5.56 Å². The van der Waals surface area contributed by atoms with Crippen LogP contribution in [-0.2, 0) is 4.74 Å². The number of nitrogens with zero attached hydrogens (tertiary/aromatic N) is 1. The first-order chi connectivity index (χ1) is 7.94. The number of carbonyl (C=O) groups is 1. The lowest BCUT2D eigenvalue weighted by Crippen LogP contribution is -2.42. The Bertz CT molecular complexity index is 502. The molecule has 0 saturated heterocycles. The Labute approximate surface area is 95.8 Å². The Morgan fingerprint density at radius 2 is 2.18 bits per heavy atom. The molecule has 0 amide bonds. The lowest BCUT2D eigenvalue weighted by atomic mass is 9.88. The van der Waals surface area contributed by atoms with Gasteiger partial charge in [0.2, 0.25) is 0 Å². The van der Waals surface area contributed by atoms with E-state index in [0.29, 0.717) is 0 Å². The van der Waals surface area contributed by atoms with E-state index in [9.17, 15) is 18.4 Å². The van der Waals surface area contributed by atoms with Crippen molar-refractivity contribution in [2.45, 2.75) is 24.8 Å². The number of methoxy groups -OCH3 is 1. The summed E-state index contributed by atoms with van der Waals surface area (Å²) >= 11 is 0. The Morgan fingerprint density at radius 1 is 1.53 bits per heavy atom. The Kier molecular flexibility index (Phi) is 2.73. The highest BCUT2D eigenvalue weighted by atomic mass is 19.3. The molecule has 1 aromatic heterocycles. The Balaban J connectivity index is 2.32. The van der Waals surface area contributed by atoms with Gasteiger partial charge >= 0.3 is 5.97 Å². The number of hydrogen-bond acceptors (Lipinski definition) is 3. The molecule has 0 unspecified atom stereocenters. The molecular formula is C11H11F2NO3. The fraction of sp³-hybridized carbons (Fsp3) is 0.455. The molecule has 0 spiro atoms. The maximum absolute atomic E-state index is 12.7. The highest BCUT2D eigenvalue weighted by molar-refractivity contribution is 5.88. The Hall–Kier alpha value is -1.72. The van der Waals surface area contributed by atoms with Gasteiger partial charge in [-0.1, -0.05) is 0 Å². The van der Waals surface area contributed by atoms with Gasteiger partial charge in [-0.2, -0.15) is 0 Å². The van der Waals surface area contributed by atoms with Crippen LogP contribution in [0.25, 0.3) is 0 Å². The van der Waals surface area contributed by atoms with Crippen molar-refractivity contribution in [2.75, 3.05) is 7.11 Å². The summed E-state index contributed by atoms with van der Waals surface area (Å²) < 4.78 is 31.1. The molecule has 0 aromatic carbocycles. The summed E-state index contributed by atoms with van der Waals surface area (Å²) in [5, 5.41) is 0. The van der Waals surface area contributed by atoms with Crippen LogP contribution in [0.3, 0.4) is 0 Å². The third-order valence-corrected chi connectivity index (χ3v) is 2.84. The van der Waals surface area contributed by atoms with Crippen LogP contribution in [0.2, 0.25) is 0 Å². The number of carbonyl (C=O) groups excluding carboxylic acids is 1. The minimum atomic E-state index is -2.70. The van der Waals surface area contributed by atoms with Crippen LogP contribution in [0.5, 0.6) is 0 Å². The van der Waals surface area contributed by atoms with Crippen molar-refractivity contribution >= 4 is 5.97 Å². The zero-order chi connectivity index (χ0) is 12.6. The fourth-order valence-electron chi connectivity index (χ4n) is 1.89. The molecule has 1 aromatic rings. The summed E-state index contributed by atoms with van der Waals surface area (Å²) in [6.45, 7) is 0. The quantitative estimate of drug-likeness (QED) is 0.741. The second kappa shape index (κ2) is 3.94. The summed E-state index contributed by atoms with van der Waals surface area (Å²) in [5.41, 5.74) is -0.718. The summed E-state index contributed by atoms with van der Waals surface area (Å²) in [6, 6.07) is 2.26. The van der Waals surface area contributed by atoms with Crippen molar-refractivity contribution in [3.63, 3.8) is 0 Å². The van der Waals surface area contributed by atoms with Gasteiger partial charge in [0.1, 0.15) is 5.56 Å². The van der Waals surface area contributed by atoms with Crippen molar-refractivity contribution in [1.29, 1.82) is 0 Å².